The summed E-state index contributed by atoms with van der Waals surface area (Å²) in [6.07, 6.45) is 0. The average Bonchev–Trinajstić information content (AvgIpc) is 2.35. The maximum atomic E-state index is 12.5. The first kappa shape index (κ1) is 17.4. The first-order chi connectivity index (χ1) is 9.98. The Morgan fingerprint density at radius 1 is 1.05 bits per heavy atom. The van der Waals surface area contributed by atoms with Crippen molar-refractivity contribution >= 4 is 19.9 Å². The van der Waals surface area contributed by atoms with Gasteiger partial charge in [0.2, 0.25) is 10.0 Å². The lowest BCUT2D eigenvalue weighted by Gasteiger charge is -2.37. The molecule has 22 heavy (non-hydrogen) atoms. The van der Waals surface area contributed by atoms with Gasteiger partial charge in [-0.1, -0.05) is 39.8 Å². The summed E-state index contributed by atoms with van der Waals surface area (Å²) in [4.78, 5) is 0.216. The zero-order valence-electron chi connectivity index (χ0n) is 13.4. The summed E-state index contributed by atoms with van der Waals surface area (Å²) in [5, 5.41) is -0.568. The topological polar surface area (TPSA) is 71.5 Å². The molecule has 0 spiro atoms. The van der Waals surface area contributed by atoms with Crippen LogP contribution in [0.4, 0.5) is 0 Å². The minimum Gasteiger partial charge on any atom is -0.228 e. The van der Waals surface area contributed by atoms with E-state index >= 15 is 0 Å². The Kier molecular flexibility index (Phi) is 4.45. The third kappa shape index (κ3) is 3.21. The molecule has 5 nitrogen and oxygen atoms in total. The highest BCUT2D eigenvalue weighted by atomic mass is 32.2. The Labute approximate surface area is 133 Å². The van der Waals surface area contributed by atoms with Crippen molar-refractivity contribution in [2.75, 3.05) is 18.8 Å². The van der Waals surface area contributed by atoms with Crippen LogP contribution in [0.3, 0.4) is 0 Å². The molecular weight excluding hydrogens is 322 g/mol. The van der Waals surface area contributed by atoms with E-state index in [1.54, 1.807) is 19.1 Å². The molecule has 1 aliphatic rings. The second-order valence-electron chi connectivity index (χ2n) is 6.67. The summed E-state index contributed by atoms with van der Waals surface area (Å²) < 4.78 is 49.6. The smallest absolute Gasteiger partial charge is 0.228 e. The van der Waals surface area contributed by atoms with Gasteiger partial charge in [0.05, 0.1) is 10.1 Å². The summed E-state index contributed by atoms with van der Waals surface area (Å²) in [6.45, 7) is 7.88. The van der Waals surface area contributed by atoms with Gasteiger partial charge in [-0.3, -0.25) is 0 Å². The van der Waals surface area contributed by atoms with Gasteiger partial charge in [-0.25, -0.2) is 16.8 Å². The predicted octanol–water partition coefficient (Wildman–Crippen LogP) is 1.79. The highest BCUT2D eigenvalue weighted by molar-refractivity contribution is 7.92. The molecule has 1 aromatic carbocycles. The molecule has 0 aliphatic carbocycles. The Morgan fingerprint density at radius 3 is 1.95 bits per heavy atom. The van der Waals surface area contributed by atoms with E-state index < -0.39 is 25.1 Å². The molecule has 0 N–H and O–H groups in total. The lowest BCUT2D eigenvalue weighted by molar-refractivity contribution is 0.310. The summed E-state index contributed by atoms with van der Waals surface area (Å²) >= 11 is 0. The second-order valence-corrected chi connectivity index (χ2v) is 11.2. The van der Waals surface area contributed by atoms with Crippen LogP contribution in [-0.4, -0.2) is 45.2 Å². The maximum Gasteiger partial charge on any atom is 0.243 e. The largest absolute Gasteiger partial charge is 0.243 e. The molecule has 2 rings (SSSR count). The van der Waals surface area contributed by atoms with E-state index in [2.05, 4.69) is 20.8 Å². The van der Waals surface area contributed by atoms with Crippen molar-refractivity contribution in [3.63, 3.8) is 0 Å². The summed E-state index contributed by atoms with van der Waals surface area (Å²) in [5.74, 6) is 0.0475. The van der Waals surface area contributed by atoms with Gasteiger partial charge in [-0.15, -0.1) is 0 Å². The van der Waals surface area contributed by atoms with Crippen molar-refractivity contribution in [1.82, 2.24) is 4.31 Å². The first-order valence-electron chi connectivity index (χ1n) is 7.31. The summed E-state index contributed by atoms with van der Waals surface area (Å²) in [7, 11) is -6.77. The molecule has 1 saturated heterocycles. The predicted molar refractivity (Wildman–Crippen MR) is 87.1 cm³/mol. The van der Waals surface area contributed by atoms with Gasteiger partial charge in [0.25, 0.3) is 0 Å². The molecule has 0 amide bonds. The van der Waals surface area contributed by atoms with E-state index in [0.29, 0.717) is 0 Å². The second kappa shape index (κ2) is 5.62. The van der Waals surface area contributed by atoms with E-state index in [9.17, 15) is 16.8 Å². The van der Waals surface area contributed by atoms with E-state index in [-0.39, 0.29) is 29.2 Å². The van der Waals surface area contributed by atoms with Crippen molar-refractivity contribution in [2.24, 2.45) is 0 Å². The molecule has 0 atom stereocenters. The molecule has 1 aliphatic heterocycles. The van der Waals surface area contributed by atoms with E-state index in [1.807, 2.05) is 12.1 Å². The maximum absolute atomic E-state index is 12.5. The van der Waals surface area contributed by atoms with Crippen molar-refractivity contribution in [3.05, 3.63) is 29.8 Å². The van der Waals surface area contributed by atoms with Crippen LogP contribution < -0.4 is 0 Å². The Morgan fingerprint density at radius 2 is 1.55 bits per heavy atom. The molecule has 0 aromatic heterocycles. The van der Waals surface area contributed by atoms with E-state index in [0.717, 1.165) is 5.56 Å². The fourth-order valence-electron chi connectivity index (χ4n) is 2.34. The lowest BCUT2D eigenvalue weighted by Crippen LogP contribution is -2.57. The minimum absolute atomic E-state index is 0.0423. The van der Waals surface area contributed by atoms with Gasteiger partial charge in [0.1, 0.15) is 0 Å². The van der Waals surface area contributed by atoms with Crippen LogP contribution >= 0.6 is 0 Å². The van der Waals surface area contributed by atoms with Crippen molar-refractivity contribution in [2.45, 2.75) is 43.3 Å². The number of hydrogen-bond donors (Lipinski definition) is 0. The van der Waals surface area contributed by atoms with Crippen molar-refractivity contribution in [1.29, 1.82) is 0 Å². The van der Waals surface area contributed by atoms with Gasteiger partial charge < -0.3 is 0 Å². The number of sulfone groups is 1. The number of benzene rings is 1. The van der Waals surface area contributed by atoms with Crippen LogP contribution in [0.2, 0.25) is 0 Å². The van der Waals surface area contributed by atoms with Crippen LogP contribution in [-0.2, 0) is 25.3 Å². The zero-order valence-corrected chi connectivity index (χ0v) is 15.0. The Hall–Kier alpha value is -0.920. The quantitative estimate of drug-likeness (QED) is 0.834. The summed E-state index contributed by atoms with van der Waals surface area (Å²) in [5.41, 5.74) is 1.01. The first-order valence-corrected chi connectivity index (χ1v) is 10.5. The molecule has 1 heterocycles. The van der Waals surface area contributed by atoms with Gasteiger partial charge in [0, 0.05) is 18.8 Å². The van der Waals surface area contributed by atoms with Gasteiger partial charge in [0.15, 0.2) is 9.84 Å². The average molecular weight is 345 g/mol. The summed E-state index contributed by atoms with van der Waals surface area (Å²) in [6, 6.07) is 6.81. The molecule has 124 valence electrons. The van der Waals surface area contributed by atoms with Crippen LogP contribution in [0.5, 0.6) is 0 Å². The highest BCUT2D eigenvalue weighted by Gasteiger charge is 2.42. The highest BCUT2D eigenvalue weighted by Crippen LogP contribution is 2.28. The fraction of sp³-hybridized carbons (Fsp3) is 0.600. The van der Waals surface area contributed by atoms with Crippen LogP contribution in [0.1, 0.15) is 33.3 Å². The molecule has 0 bridgehead atoms. The van der Waals surface area contributed by atoms with Crippen molar-refractivity contribution in [3.8, 4) is 0 Å². The monoisotopic (exact) mass is 345 g/mol. The van der Waals surface area contributed by atoms with Crippen molar-refractivity contribution < 1.29 is 16.8 Å². The number of rotatable bonds is 4. The molecule has 1 fully saturated rings. The SMILES string of the molecule is CCS(=O)(=O)C1CN(S(=O)(=O)c2ccc(C(C)(C)C)cc2)C1. The zero-order chi connectivity index (χ0) is 16.8. The van der Waals surface area contributed by atoms with Crippen LogP contribution in [0.25, 0.3) is 0 Å². The Bertz CT molecular complexity index is 738. The fourth-order valence-corrected chi connectivity index (χ4v) is 5.34. The number of nitrogens with zero attached hydrogens (tertiary/aromatic N) is 1. The Balaban J connectivity index is 2.16. The third-order valence-corrected chi connectivity index (χ3v) is 8.05. The third-order valence-electron chi connectivity index (χ3n) is 4.08. The standard InChI is InChI=1S/C15H23NO4S2/c1-5-21(17,18)14-10-16(11-14)22(19,20)13-8-6-12(7-9-13)15(2,3)4/h6-9,14H,5,10-11H2,1-4H3. The molecule has 1 aromatic rings. The van der Waals surface area contributed by atoms with E-state index in [4.69, 9.17) is 0 Å². The van der Waals surface area contributed by atoms with Gasteiger partial charge in [-0.2, -0.15) is 4.31 Å². The van der Waals surface area contributed by atoms with Gasteiger partial charge >= 0.3 is 0 Å². The molecule has 7 heteroatoms. The van der Waals surface area contributed by atoms with Crippen LogP contribution in [0.15, 0.2) is 29.2 Å². The lowest BCUT2D eigenvalue weighted by atomic mass is 9.87. The van der Waals surface area contributed by atoms with Crippen LogP contribution in [0, 0.1) is 0 Å². The van der Waals surface area contributed by atoms with E-state index in [1.165, 1.54) is 4.31 Å². The molecule has 0 saturated carbocycles. The number of hydrogen-bond acceptors (Lipinski definition) is 4. The number of sulfonamides is 1. The molecular formula is C15H23NO4S2. The normalized spacial score (nSPS) is 18.2. The molecule has 0 unspecified atom stereocenters. The minimum atomic E-state index is -3.60. The molecule has 0 radical (unpaired) electrons. The van der Waals surface area contributed by atoms with Gasteiger partial charge in [-0.05, 0) is 23.1 Å².